The third-order valence-electron chi connectivity index (χ3n) is 4.49. The SMILES string of the molecule is C=C(C)C.C=C(C)C(=C\C)/C=C(\C(C)=O)C1=CCCC=C1.CCc1ccccc1C(F)(F)F. The average molecular weight is 459 g/mol. The van der Waals surface area contributed by atoms with Crippen LogP contribution in [0.4, 0.5) is 13.2 Å². The predicted molar refractivity (Wildman–Crippen MR) is 135 cm³/mol. The van der Waals surface area contributed by atoms with E-state index in [0.29, 0.717) is 12.0 Å². The Morgan fingerprint density at radius 2 is 1.64 bits per heavy atom. The van der Waals surface area contributed by atoms with E-state index in [4.69, 9.17) is 0 Å². The van der Waals surface area contributed by atoms with Gasteiger partial charge < -0.3 is 0 Å². The summed E-state index contributed by atoms with van der Waals surface area (Å²) in [6.07, 6.45) is 8.46. The lowest BCUT2D eigenvalue weighted by molar-refractivity contribution is -0.138. The highest BCUT2D eigenvalue weighted by atomic mass is 19.4. The van der Waals surface area contributed by atoms with Crippen molar-refractivity contribution in [3.05, 3.63) is 107 Å². The van der Waals surface area contributed by atoms with Crippen LogP contribution in [0, 0.1) is 0 Å². The second-order valence-corrected chi connectivity index (χ2v) is 7.99. The zero-order valence-corrected chi connectivity index (χ0v) is 20.8. The van der Waals surface area contributed by atoms with Crippen LogP contribution in [0.3, 0.4) is 0 Å². The van der Waals surface area contributed by atoms with Crippen LogP contribution in [-0.2, 0) is 17.4 Å². The molecule has 0 amide bonds. The molecule has 0 saturated heterocycles. The number of rotatable bonds is 5. The lowest BCUT2D eigenvalue weighted by Crippen LogP contribution is -2.08. The van der Waals surface area contributed by atoms with Crippen LogP contribution in [0.1, 0.15) is 65.5 Å². The molecule has 0 aliphatic heterocycles. The van der Waals surface area contributed by atoms with Crippen molar-refractivity contribution in [1.82, 2.24) is 0 Å². The maximum absolute atomic E-state index is 12.2. The lowest BCUT2D eigenvalue weighted by atomic mass is 9.94. The molecular weight excluding hydrogens is 421 g/mol. The summed E-state index contributed by atoms with van der Waals surface area (Å²) >= 11 is 0. The van der Waals surface area contributed by atoms with Crippen LogP contribution in [0.25, 0.3) is 0 Å². The molecule has 0 N–H and O–H groups in total. The van der Waals surface area contributed by atoms with Crippen molar-refractivity contribution in [2.75, 3.05) is 0 Å². The highest BCUT2D eigenvalue weighted by molar-refractivity contribution is 5.99. The molecule has 0 bridgehead atoms. The van der Waals surface area contributed by atoms with Crippen molar-refractivity contribution in [2.45, 2.75) is 67.0 Å². The molecule has 1 aromatic carbocycles. The van der Waals surface area contributed by atoms with Crippen LogP contribution in [0.2, 0.25) is 0 Å². The topological polar surface area (TPSA) is 17.1 Å². The van der Waals surface area contributed by atoms with Crippen LogP contribution in [0.5, 0.6) is 0 Å². The first-order valence-electron chi connectivity index (χ1n) is 11.0. The summed E-state index contributed by atoms with van der Waals surface area (Å²) in [5, 5.41) is 0. The van der Waals surface area contributed by atoms with Gasteiger partial charge in [0, 0.05) is 5.57 Å². The van der Waals surface area contributed by atoms with Crippen molar-refractivity contribution < 1.29 is 18.0 Å². The molecular formula is C29H37F3O. The van der Waals surface area contributed by atoms with Crippen LogP contribution >= 0.6 is 0 Å². The molecule has 0 heterocycles. The number of hydrogen-bond acceptors (Lipinski definition) is 1. The van der Waals surface area contributed by atoms with Crippen LogP contribution in [0.15, 0.2) is 95.7 Å². The Hall–Kier alpha value is -2.88. The summed E-state index contributed by atoms with van der Waals surface area (Å²) in [5.74, 6) is 0.100. The molecule has 0 spiro atoms. The Morgan fingerprint density at radius 3 is 2.00 bits per heavy atom. The van der Waals surface area contributed by atoms with Crippen molar-refractivity contribution in [1.29, 1.82) is 0 Å². The fraction of sp³-hybridized carbons (Fsp3) is 0.345. The van der Waals surface area contributed by atoms with Crippen molar-refractivity contribution in [3.8, 4) is 0 Å². The minimum atomic E-state index is -4.22. The van der Waals surface area contributed by atoms with Crippen LogP contribution in [-0.4, -0.2) is 5.78 Å². The molecule has 1 aromatic rings. The molecule has 0 unspecified atom stereocenters. The largest absolute Gasteiger partial charge is 0.416 e. The van der Waals surface area contributed by atoms with Gasteiger partial charge >= 0.3 is 6.18 Å². The van der Waals surface area contributed by atoms with Gasteiger partial charge in [-0.15, -0.1) is 6.58 Å². The van der Waals surface area contributed by atoms with Gasteiger partial charge in [-0.25, -0.2) is 0 Å². The van der Waals surface area contributed by atoms with Gasteiger partial charge in [-0.05, 0) is 82.7 Å². The predicted octanol–water partition coefficient (Wildman–Crippen LogP) is 9.15. The molecule has 4 heteroatoms. The van der Waals surface area contributed by atoms with Gasteiger partial charge in [0.15, 0.2) is 5.78 Å². The molecule has 2 rings (SSSR count). The van der Waals surface area contributed by atoms with Crippen LogP contribution < -0.4 is 0 Å². The molecule has 0 fully saturated rings. The number of hydrogen-bond donors (Lipinski definition) is 0. The summed E-state index contributed by atoms with van der Waals surface area (Å²) < 4.78 is 36.7. The van der Waals surface area contributed by atoms with Gasteiger partial charge in [0.2, 0.25) is 0 Å². The first-order chi connectivity index (χ1) is 15.3. The highest BCUT2D eigenvalue weighted by Crippen LogP contribution is 2.31. The zero-order chi connectivity index (χ0) is 25.6. The van der Waals surface area contributed by atoms with E-state index in [1.807, 2.05) is 45.9 Å². The Balaban J connectivity index is 0.000000556. The van der Waals surface area contributed by atoms with E-state index in [2.05, 4.69) is 25.3 Å². The Labute approximate surface area is 197 Å². The Kier molecular flexibility index (Phi) is 13.7. The normalized spacial score (nSPS) is 13.7. The fourth-order valence-electron chi connectivity index (χ4n) is 2.91. The summed E-state index contributed by atoms with van der Waals surface area (Å²) in [4.78, 5) is 11.7. The molecule has 1 aliphatic rings. The summed E-state index contributed by atoms with van der Waals surface area (Å²) in [6.45, 7) is 18.7. The number of Topliss-reactive ketones (excluding diaryl/α,β-unsaturated/α-hetero) is 1. The maximum Gasteiger partial charge on any atom is 0.416 e. The summed E-state index contributed by atoms with van der Waals surface area (Å²) in [6, 6.07) is 5.64. The Bertz CT molecular complexity index is 934. The van der Waals surface area contributed by atoms with Gasteiger partial charge in [-0.1, -0.05) is 67.2 Å². The van der Waals surface area contributed by atoms with E-state index in [9.17, 15) is 18.0 Å². The number of allylic oxidation sites excluding steroid dienone is 10. The summed E-state index contributed by atoms with van der Waals surface area (Å²) in [7, 11) is 0. The highest BCUT2D eigenvalue weighted by Gasteiger charge is 2.32. The van der Waals surface area contributed by atoms with E-state index in [0.717, 1.165) is 41.2 Å². The first kappa shape index (κ1) is 30.1. The number of halogens is 3. The monoisotopic (exact) mass is 458 g/mol. The number of ketones is 1. The number of aryl methyl sites for hydroxylation is 1. The second-order valence-electron chi connectivity index (χ2n) is 7.99. The standard InChI is InChI=1S/C16H20O.C9H9F3.C4H8/c1-5-14(12(2)3)11-16(13(4)17)15-9-7-6-8-10-15;1-2-7-5-3-4-6-8(7)9(10,11)12;1-4(2)3/h5,7,9-11H,2,6,8H2,1,3-4H3;3-6H,2H2,1H3;1H2,2-3H3/b14-5-,16-11+;;. The van der Waals surface area contributed by atoms with Gasteiger partial charge in [0.25, 0.3) is 0 Å². The summed E-state index contributed by atoms with van der Waals surface area (Å²) in [5.41, 5.74) is 4.81. The minimum Gasteiger partial charge on any atom is -0.294 e. The molecule has 33 heavy (non-hydrogen) atoms. The van der Waals surface area contributed by atoms with E-state index < -0.39 is 11.7 Å². The molecule has 0 atom stereocenters. The van der Waals surface area contributed by atoms with Gasteiger partial charge in [0.05, 0.1) is 5.56 Å². The van der Waals surface area contributed by atoms with Gasteiger partial charge in [-0.3, -0.25) is 4.79 Å². The molecule has 1 aliphatic carbocycles. The maximum atomic E-state index is 12.2. The first-order valence-corrected chi connectivity index (χ1v) is 11.0. The van der Waals surface area contributed by atoms with Crippen molar-refractivity contribution in [3.63, 3.8) is 0 Å². The number of carbonyl (C=O) groups excluding carboxylic acids is 1. The number of benzene rings is 1. The smallest absolute Gasteiger partial charge is 0.294 e. The van der Waals surface area contributed by atoms with Gasteiger partial charge in [-0.2, -0.15) is 13.2 Å². The van der Waals surface area contributed by atoms with Gasteiger partial charge in [0.1, 0.15) is 0 Å². The molecule has 0 aromatic heterocycles. The zero-order valence-electron chi connectivity index (χ0n) is 20.8. The number of carbonyl (C=O) groups is 1. The fourth-order valence-corrected chi connectivity index (χ4v) is 2.91. The van der Waals surface area contributed by atoms with E-state index in [1.165, 1.54) is 17.7 Å². The molecule has 0 radical (unpaired) electrons. The average Bonchev–Trinajstić information content (AvgIpc) is 2.74. The van der Waals surface area contributed by atoms with Crippen molar-refractivity contribution >= 4 is 5.78 Å². The lowest BCUT2D eigenvalue weighted by Gasteiger charge is -2.10. The second kappa shape index (κ2) is 15.0. The quantitative estimate of drug-likeness (QED) is 0.244. The van der Waals surface area contributed by atoms with Crippen molar-refractivity contribution in [2.24, 2.45) is 0 Å². The van der Waals surface area contributed by atoms with E-state index in [-0.39, 0.29) is 5.78 Å². The number of alkyl halides is 3. The third-order valence-corrected chi connectivity index (χ3v) is 4.49. The molecule has 0 saturated carbocycles. The third kappa shape index (κ3) is 12.1. The minimum absolute atomic E-state index is 0.100. The Morgan fingerprint density at radius 1 is 1.06 bits per heavy atom. The molecule has 1 nitrogen and oxygen atoms in total. The molecule has 180 valence electrons. The van der Waals surface area contributed by atoms with E-state index >= 15 is 0 Å². The van der Waals surface area contributed by atoms with E-state index in [1.54, 1.807) is 19.9 Å².